The van der Waals surface area contributed by atoms with E-state index in [4.69, 9.17) is 9.47 Å². The third kappa shape index (κ3) is 4.31. The lowest BCUT2D eigenvalue weighted by Crippen LogP contribution is -2.05. The van der Waals surface area contributed by atoms with Gasteiger partial charge in [0.15, 0.2) is 11.4 Å². The predicted octanol–water partition coefficient (Wildman–Crippen LogP) is 5.24. The largest absolute Gasteiger partial charge is 0.424 e. The molecule has 26 heavy (non-hydrogen) atoms. The lowest BCUT2D eigenvalue weighted by atomic mass is 10.2. The van der Waals surface area contributed by atoms with Gasteiger partial charge < -0.3 is 9.47 Å². The minimum Gasteiger partial charge on any atom is -0.424 e. The Labute approximate surface area is 174 Å². The lowest BCUT2D eigenvalue weighted by molar-refractivity contribution is -0.132. The molecule has 1 aliphatic rings. The molecule has 0 aliphatic carbocycles. The zero-order valence-electron chi connectivity index (χ0n) is 13.3. The first kappa shape index (κ1) is 19.0. The van der Waals surface area contributed by atoms with Crippen LogP contribution in [0.3, 0.4) is 0 Å². The summed E-state index contributed by atoms with van der Waals surface area (Å²) in [5.41, 5.74) is 1.58. The molecule has 8 heteroatoms. The summed E-state index contributed by atoms with van der Waals surface area (Å²) in [4.78, 5) is 27.5. The average molecular weight is 544 g/mol. The van der Waals surface area contributed by atoms with Crippen LogP contribution < -0.4 is 4.74 Å². The van der Waals surface area contributed by atoms with Crippen LogP contribution >= 0.6 is 47.8 Å². The number of carbonyl (C=O) groups excluding carboxylic acids is 2. The molecule has 0 spiro atoms. The number of benzene rings is 2. The third-order valence-corrected chi connectivity index (χ3v) is 4.99. The van der Waals surface area contributed by atoms with Crippen molar-refractivity contribution in [2.45, 2.75) is 6.92 Å². The van der Waals surface area contributed by atoms with Crippen LogP contribution in [-0.2, 0) is 14.3 Å². The summed E-state index contributed by atoms with van der Waals surface area (Å²) in [6, 6.07) is 10.7. The lowest BCUT2D eigenvalue weighted by Gasteiger charge is -2.08. The molecule has 0 atom stereocenters. The maximum absolute atomic E-state index is 12.1. The Hall–Kier alpha value is -1.77. The van der Waals surface area contributed by atoms with Crippen LogP contribution in [0, 0.1) is 0 Å². The fourth-order valence-corrected chi connectivity index (χ4v) is 3.84. The Kier molecular flexibility index (Phi) is 5.74. The van der Waals surface area contributed by atoms with Gasteiger partial charge >= 0.3 is 11.9 Å². The van der Waals surface area contributed by atoms with Crippen molar-refractivity contribution in [1.29, 1.82) is 0 Å². The van der Waals surface area contributed by atoms with Crippen LogP contribution in [0.5, 0.6) is 5.75 Å². The monoisotopic (exact) mass is 541 g/mol. The Morgan fingerprint density at radius 2 is 1.73 bits per heavy atom. The van der Waals surface area contributed by atoms with Gasteiger partial charge in [-0.25, -0.2) is 9.79 Å². The first-order valence-electron chi connectivity index (χ1n) is 7.29. The highest BCUT2D eigenvalue weighted by Gasteiger charge is 2.24. The van der Waals surface area contributed by atoms with Gasteiger partial charge in [-0.3, -0.25) is 4.79 Å². The Morgan fingerprint density at radius 3 is 2.31 bits per heavy atom. The normalized spacial score (nSPS) is 15.0. The molecule has 0 saturated heterocycles. The van der Waals surface area contributed by atoms with Crippen molar-refractivity contribution >= 4 is 71.7 Å². The molecule has 0 unspecified atom stereocenters. The van der Waals surface area contributed by atoms with E-state index in [2.05, 4.69) is 52.8 Å². The van der Waals surface area contributed by atoms with E-state index >= 15 is 0 Å². The zero-order chi connectivity index (χ0) is 18.8. The van der Waals surface area contributed by atoms with Crippen molar-refractivity contribution < 1.29 is 19.1 Å². The summed E-state index contributed by atoms with van der Waals surface area (Å²) >= 11 is 10.1. The Bertz CT molecular complexity index is 942. The smallest absolute Gasteiger partial charge is 0.363 e. The van der Waals surface area contributed by atoms with Crippen LogP contribution in [0.2, 0.25) is 0 Å². The summed E-state index contributed by atoms with van der Waals surface area (Å²) in [5, 5.41) is 0. The highest BCUT2D eigenvalue weighted by atomic mass is 79.9. The number of rotatable bonds is 3. The highest BCUT2D eigenvalue weighted by molar-refractivity contribution is 9.11. The van der Waals surface area contributed by atoms with Crippen LogP contribution in [-0.4, -0.2) is 17.8 Å². The van der Waals surface area contributed by atoms with Gasteiger partial charge in [0.1, 0.15) is 0 Å². The molecule has 5 nitrogen and oxygen atoms in total. The predicted molar refractivity (Wildman–Crippen MR) is 108 cm³/mol. The number of hydrogen-bond acceptors (Lipinski definition) is 5. The average Bonchev–Trinajstić information content (AvgIpc) is 2.92. The van der Waals surface area contributed by atoms with Gasteiger partial charge in [-0.15, -0.1) is 0 Å². The third-order valence-electron chi connectivity index (χ3n) is 3.28. The van der Waals surface area contributed by atoms with Gasteiger partial charge in [0, 0.05) is 17.0 Å². The Morgan fingerprint density at radius 1 is 1.12 bits per heavy atom. The van der Waals surface area contributed by atoms with Crippen molar-refractivity contribution in [2.24, 2.45) is 4.99 Å². The standard InChI is InChI=1S/C18H10Br3NO4/c1-9(23)25-16-13(20)6-10(7-14(16)21)8-15-18(24)26-17(22-15)11-2-4-12(19)5-3-11/h2-8H,1H3/b15-8-. The molecule has 3 rings (SSSR count). The molecule has 132 valence electrons. The molecule has 0 radical (unpaired) electrons. The molecule has 2 aromatic carbocycles. The van der Waals surface area contributed by atoms with E-state index in [1.807, 2.05) is 12.1 Å². The molecule has 0 amide bonds. The van der Waals surface area contributed by atoms with Crippen molar-refractivity contribution in [2.75, 3.05) is 0 Å². The van der Waals surface area contributed by atoms with E-state index in [-0.39, 0.29) is 11.6 Å². The minimum absolute atomic E-state index is 0.182. The van der Waals surface area contributed by atoms with Gasteiger partial charge in [0.25, 0.3) is 0 Å². The first-order valence-corrected chi connectivity index (χ1v) is 9.67. The first-order chi connectivity index (χ1) is 12.3. The number of aliphatic imine (C=N–C) groups is 1. The number of halogens is 3. The van der Waals surface area contributed by atoms with Crippen molar-refractivity contribution in [3.63, 3.8) is 0 Å². The molecule has 0 bridgehead atoms. The molecule has 0 N–H and O–H groups in total. The topological polar surface area (TPSA) is 65.0 Å². The van der Waals surface area contributed by atoms with Crippen molar-refractivity contribution in [1.82, 2.24) is 0 Å². The molecular formula is C18H10Br3NO4. The van der Waals surface area contributed by atoms with Gasteiger partial charge in [-0.05, 0) is 79.9 Å². The summed E-state index contributed by atoms with van der Waals surface area (Å²) in [6.07, 6.45) is 1.60. The van der Waals surface area contributed by atoms with E-state index in [0.717, 1.165) is 4.47 Å². The SMILES string of the molecule is CC(=O)Oc1c(Br)cc(/C=C2\N=C(c3ccc(Br)cc3)OC2=O)cc1Br. The van der Waals surface area contributed by atoms with Gasteiger partial charge in [0.05, 0.1) is 8.95 Å². The zero-order valence-corrected chi connectivity index (χ0v) is 18.0. The maximum atomic E-state index is 12.1. The number of ether oxygens (including phenoxy) is 2. The van der Waals surface area contributed by atoms with Gasteiger partial charge in [0.2, 0.25) is 5.90 Å². The van der Waals surface area contributed by atoms with Crippen LogP contribution in [0.25, 0.3) is 6.08 Å². The fourth-order valence-electron chi connectivity index (χ4n) is 2.19. The van der Waals surface area contributed by atoms with Gasteiger partial charge in [-0.1, -0.05) is 15.9 Å². The maximum Gasteiger partial charge on any atom is 0.363 e. The second kappa shape index (κ2) is 7.85. The minimum atomic E-state index is -0.528. The van der Waals surface area contributed by atoms with E-state index in [1.54, 1.807) is 30.3 Å². The summed E-state index contributed by atoms with van der Waals surface area (Å²) < 4.78 is 12.4. The molecule has 0 aromatic heterocycles. The number of esters is 2. The van der Waals surface area contributed by atoms with E-state index in [0.29, 0.717) is 25.8 Å². The molecule has 1 heterocycles. The van der Waals surface area contributed by atoms with Gasteiger partial charge in [-0.2, -0.15) is 0 Å². The summed E-state index contributed by atoms with van der Waals surface area (Å²) in [5.74, 6) is -0.337. The quantitative estimate of drug-likeness (QED) is 0.301. The number of cyclic esters (lactones) is 1. The highest BCUT2D eigenvalue weighted by Crippen LogP contribution is 2.36. The van der Waals surface area contributed by atoms with Crippen LogP contribution in [0.4, 0.5) is 0 Å². The van der Waals surface area contributed by atoms with E-state index < -0.39 is 11.9 Å². The Balaban J connectivity index is 1.93. The second-order valence-electron chi connectivity index (χ2n) is 5.25. The fraction of sp³-hybridized carbons (Fsp3) is 0.0556. The van der Waals surface area contributed by atoms with Crippen molar-refractivity contribution in [3.05, 3.63) is 66.6 Å². The second-order valence-corrected chi connectivity index (χ2v) is 7.87. The summed E-state index contributed by atoms with van der Waals surface area (Å²) in [6.45, 7) is 1.32. The summed E-state index contributed by atoms with van der Waals surface area (Å²) in [7, 11) is 0. The molecule has 0 saturated carbocycles. The van der Waals surface area contributed by atoms with E-state index in [1.165, 1.54) is 6.92 Å². The van der Waals surface area contributed by atoms with Crippen LogP contribution in [0.15, 0.2) is 60.5 Å². The number of nitrogens with zero attached hydrogens (tertiary/aromatic N) is 1. The number of carbonyl (C=O) groups is 2. The molecule has 1 aliphatic heterocycles. The van der Waals surface area contributed by atoms with Crippen LogP contribution in [0.1, 0.15) is 18.1 Å². The van der Waals surface area contributed by atoms with Crippen molar-refractivity contribution in [3.8, 4) is 5.75 Å². The molecular weight excluding hydrogens is 534 g/mol. The van der Waals surface area contributed by atoms with E-state index in [9.17, 15) is 9.59 Å². The molecule has 2 aromatic rings. The molecule has 0 fully saturated rings. The number of hydrogen-bond donors (Lipinski definition) is 0.